The molecule has 3 heterocycles. The largest absolute Gasteiger partial charge is 0.502 e. The summed E-state index contributed by atoms with van der Waals surface area (Å²) in [5, 5.41) is 61.8. The van der Waals surface area contributed by atoms with Crippen molar-refractivity contribution in [3.05, 3.63) is 35.8 Å². The summed E-state index contributed by atoms with van der Waals surface area (Å²) in [5.74, 6) is -0.994. The standard InChI is InChI=1S/C25H24O13/c1-33-14-3-9(4-15(34-2)19(14)29)23-24(38-25-22(32)21(31)20(30)16(8-26)37-25)11-7-17(28)35-12-5-10(27)6-13(36-23)18(11)12/h3-7,16,20-22,25-26,28-32H,8H2,1-2H3/p+1/t16-,20-,21+,22-,25+/m1/s1. The number of benzene rings is 2. The zero-order valence-corrected chi connectivity index (χ0v) is 20.1. The van der Waals surface area contributed by atoms with Gasteiger partial charge in [-0.1, -0.05) is 0 Å². The lowest BCUT2D eigenvalue weighted by Crippen LogP contribution is -2.60. The van der Waals surface area contributed by atoms with E-state index in [-0.39, 0.29) is 61.7 Å². The van der Waals surface area contributed by atoms with Crippen LogP contribution in [0.15, 0.2) is 39.2 Å². The van der Waals surface area contributed by atoms with Crippen LogP contribution in [-0.4, -0.2) is 87.0 Å². The summed E-state index contributed by atoms with van der Waals surface area (Å²) >= 11 is 0. The third-order valence-electron chi connectivity index (χ3n) is 6.29. The van der Waals surface area contributed by atoms with Crippen molar-refractivity contribution in [2.45, 2.75) is 30.7 Å². The molecule has 2 aromatic carbocycles. The van der Waals surface area contributed by atoms with Gasteiger partial charge >= 0.3 is 5.43 Å². The van der Waals surface area contributed by atoms with Crippen molar-refractivity contribution in [2.75, 3.05) is 20.8 Å². The van der Waals surface area contributed by atoms with Gasteiger partial charge in [0.15, 0.2) is 28.6 Å². The molecule has 38 heavy (non-hydrogen) atoms. The maximum Gasteiger partial charge on any atom is 0.347 e. The van der Waals surface area contributed by atoms with Gasteiger partial charge in [-0.25, -0.2) is 0 Å². The minimum atomic E-state index is -1.76. The van der Waals surface area contributed by atoms with Crippen LogP contribution in [0, 0.1) is 0 Å². The van der Waals surface area contributed by atoms with Gasteiger partial charge in [-0.15, -0.1) is 0 Å². The van der Waals surface area contributed by atoms with E-state index in [0.717, 1.165) is 0 Å². The molecule has 1 aliphatic heterocycles. The van der Waals surface area contributed by atoms with E-state index in [1.807, 2.05) is 0 Å². The first-order chi connectivity index (χ1) is 18.2. The topological polar surface area (TPSA) is 206 Å². The number of hydrogen-bond donors (Lipinski definition) is 6. The van der Waals surface area contributed by atoms with E-state index in [9.17, 15) is 35.4 Å². The van der Waals surface area contributed by atoms with Gasteiger partial charge in [0.05, 0.1) is 38.3 Å². The monoisotopic (exact) mass is 533 g/mol. The smallest absolute Gasteiger partial charge is 0.347 e. The maximum absolute atomic E-state index is 10.6. The van der Waals surface area contributed by atoms with Crippen molar-refractivity contribution in [3.8, 4) is 40.3 Å². The van der Waals surface area contributed by atoms with Crippen LogP contribution >= 0.6 is 0 Å². The average Bonchev–Trinajstić information content (AvgIpc) is 2.89. The molecule has 13 heteroatoms. The normalized spacial score (nSPS) is 23.6. The highest BCUT2D eigenvalue weighted by molar-refractivity contribution is 6.09. The van der Waals surface area contributed by atoms with Crippen LogP contribution in [0.4, 0.5) is 0 Å². The number of ether oxygens (including phenoxy) is 4. The Hall–Kier alpha value is -4.01. The number of aliphatic hydroxyl groups excluding tert-OH is 4. The highest BCUT2D eigenvalue weighted by Gasteiger charge is 2.45. The molecule has 1 fully saturated rings. The maximum atomic E-state index is 10.6. The molecule has 0 radical (unpaired) electrons. The lowest BCUT2D eigenvalue weighted by atomic mass is 9.99. The Morgan fingerprint density at radius 2 is 1.50 bits per heavy atom. The summed E-state index contributed by atoms with van der Waals surface area (Å²) in [5.41, 5.74) is 0.149. The van der Waals surface area contributed by atoms with Gasteiger partial charge in [-0.2, -0.15) is 0 Å². The van der Waals surface area contributed by atoms with Gasteiger partial charge in [0.2, 0.25) is 12.0 Å². The fourth-order valence-corrected chi connectivity index (χ4v) is 4.41. The predicted molar refractivity (Wildman–Crippen MR) is 127 cm³/mol. The molecule has 13 nitrogen and oxygen atoms in total. The summed E-state index contributed by atoms with van der Waals surface area (Å²) in [6.07, 6.45) is -7.98. The van der Waals surface area contributed by atoms with Gasteiger partial charge in [0, 0.05) is 17.0 Å². The van der Waals surface area contributed by atoms with Crippen molar-refractivity contribution >= 4 is 21.9 Å². The van der Waals surface area contributed by atoms with Crippen LogP contribution in [0.2, 0.25) is 0 Å². The first-order valence-corrected chi connectivity index (χ1v) is 11.3. The van der Waals surface area contributed by atoms with Crippen LogP contribution in [0.3, 0.4) is 0 Å². The number of aromatic hydroxyl groups is 2. The third-order valence-corrected chi connectivity index (χ3v) is 6.29. The molecule has 202 valence electrons. The molecule has 0 unspecified atom stereocenters. The summed E-state index contributed by atoms with van der Waals surface area (Å²) < 4.78 is 33.5. The van der Waals surface area contributed by atoms with E-state index in [1.54, 1.807) is 0 Å². The van der Waals surface area contributed by atoms with Gasteiger partial charge < -0.3 is 58.4 Å². The first-order valence-electron chi connectivity index (χ1n) is 11.3. The van der Waals surface area contributed by atoms with Gasteiger partial charge in [0.25, 0.3) is 5.95 Å². The molecule has 4 aromatic rings. The van der Waals surface area contributed by atoms with E-state index in [2.05, 4.69) is 0 Å². The first kappa shape index (κ1) is 25.6. The lowest BCUT2D eigenvalue weighted by Gasteiger charge is -2.39. The summed E-state index contributed by atoms with van der Waals surface area (Å²) in [6, 6.07) is 6.57. The Morgan fingerprint density at radius 3 is 2.11 bits per heavy atom. The molecule has 0 bridgehead atoms. The van der Waals surface area contributed by atoms with Crippen molar-refractivity contribution in [1.82, 2.24) is 0 Å². The Morgan fingerprint density at radius 1 is 0.868 bits per heavy atom. The second-order valence-corrected chi connectivity index (χ2v) is 8.62. The summed E-state index contributed by atoms with van der Waals surface area (Å²) in [6.45, 7) is -0.684. The summed E-state index contributed by atoms with van der Waals surface area (Å²) in [4.78, 5) is 10.2. The lowest BCUT2D eigenvalue weighted by molar-refractivity contribution is -0.277. The van der Waals surface area contributed by atoms with Crippen LogP contribution in [-0.2, 0) is 4.74 Å². The van der Waals surface area contributed by atoms with Crippen molar-refractivity contribution in [2.24, 2.45) is 0 Å². The predicted octanol–water partition coefficient (Wildman–Crippen LogP) is 0.458. The van der Waals surface area contributed by atoms with Crippen LogP contribution < -0.4 is 19.6 Å². The Labute approximate surface area is 213 Å². The van der Waals surface area contributed by atoms with Crippen LogP contribution in [0.5, 0.6) is 28.9 Å². The van der Waals surface area contributed by atoms with Crippen LogP contribution in [0.25, 0.3) is 33.3 Å². The molecule has 0 amide bonds. The van der Waals surface area contributed by atoms with Crippen molar-refractivity contribution in [3.63, 3.8) is 0 Å². The molecular formula is C25H25O13+. The van der Waals surface area contributed by atoms with E-state index in [1.165, 1.54) is 44.6 Å². The van der Waals surface area contributed by atoms with E-state index < -0.39 is 43.3 Å². The Kier molecular flexibility index (Phi) is 6.54. The number of phenols is 1. The van der Waals surface area contributed by atoms with Crippen LogP contribution in [0.1, 0.15) is 0 Å². The van der Waals surface area contributed by atoms with E-state index in [0.29, 0.717) is 0 Å². The van der Waals surface area contributed by atoms with Crippen molar-refractivity contribution in [1.29, 1.82) is 0 Å². The number of phenolic OH excluding ortho intramolecular Hbond substituents is 1. The molecule has 0 spiro atoms. The Bertz CT molecular complexity index is 1530. The second-order valence-electron chi connectivity index (χ2n) is 8.62. The zero-order valence-electron chi connectivity index (χ0n) is 20.1. The quantitative estimate of drug-likeness (QED) is 0.187. The van der Waals surface area contributed by atoms with Gasteiger partial charge in [-0.3, -0.25) is 4.79 Å². The minimum Gasteiger partial charge on any atom is -0.502 e. The second kappa shape index (κ2) is 9.70. The highest BCUT2D eigenvalue weighted by Crippen LogP contribution is 2.47. The number of methoxy groups -OCH3 is 2. The van der Waals surface area contributed by atoms with E-state index >= 15 is 0 Å². The zero-order chi connectivity index (χ0) is 27.3. The van der Waals surface area contributed by atoms with Gasteiger partial charge in [0.1, 0.15) is 30.0 Å². The van der Waals surface area contributed by atoms with Gasteiger partial charge in [-0.05, 0) is 12.1 Å². The molecule has 2 aromatic heterocycles. The molecule has 1 saturated heterocycles. The molecule has 7 N–H and O–H groups in total. The Balaban J connectivity index is 1.80. The molecule has 1 aliphatic rings. The molecular weight excluding hydrogens is 508 g/mol. The number of aliphatic hydroxyl groups is 4. The number of hydrogen-bond acceptors (Lipinski definition) is 12. The molecule has 0 aliphatic carbocycles. The third kappa shape index (κ3) is 4.15. The van der Waals surface area contributed by atoms with E-state index in [4.69, 9.17) is 27.8 Å². The summed E-state index contributed by atoms with van der Waals surface area (Å²) in [7, 11) is 2.65. The average molecular weight is 533 g/mol. The highest BCUT2D eigenvalue weighted by atomic mass is 16.7. The molecule has 0 saturated carbocycles. The minimum absolute atomic E-state index is 0.0143. The fourth-order valence-electron chi connectivity index (χ4n) is 4.41. The molecule has 5 rings (SSSR count). The van der Waals surface area contributed by atoms with Crippen molar-refractivity contribution < 1.29 is 63.2 Å². The SMILES string of the molecule is COc1cc(-c2oc3cc(=[OH+])cc4oc(O)cc(c2O[C@@H]2O[C@H](CO)[C@@H](O)[C@H](O)[C@H]2O)c43)cc(OC)c1O. The number of rotatable bonds is 6. The fraction of sp³-hybridized carbons (Fsp3) is 0.320. The molecule has 5 atom stereocenters.